The van der Waals surface area contributed by atoms with Crippen molar-refractivity contribution < 1.29 is 97.4 Å². The third kappa shape index (κ3) is 29.2. The van der Waals surface area contributed by atoms with Gasteiger partial charge in [0.15, 0.2) is 17.3 Å². The summed E-state index contributed by atoms with van der Waals surface area (Å²) < 4.78 is 21.7. The van der Waals surface area contributed by atoms with Gasteiger partial charge >= 0.3 is 47.5 Å². The van der Waals surface area contributed by atoms with E-state index in [-0.39, 0.29) is 156 Å². The van der Waals surface area contributed by atoms with Gasteiger partial charge in [-0.15, -0.1) is 0 Å². The summed E-state index contributed by atoms with van der Waals surface area (Å²) in [5.74, 6) is -5.13. The van der Waals surface area contributed by atoms with Gasteiger partial charge in [-0.05, 0) is 151 Å². The average Bonchev–Trinajstić information content (AvgIpc) is 0.772. The van der Waals surface area contributed by atoms with E-state index < -0.39 is 59.4 Å². The number of carbonyl (C=O) groups excluding carboxylic acids is 7. The number of carboxylic acids is 1. The number of nitriles is 1. The number of nitrogens with two attached hydrogens (primary N) is 4. The number of benzene rings is 6. The number of anilines is 1. The Labute approximate surface area is 818 Å². The van der Waals surface area contributed by atoms with E-state index >= 15 is 0 Å². The first kappa shape index (κ1) is 111. The molecule has 0 saturated heterocycles. The van der Waals surface area contributed by atoms with Crippen LogP contribution in [-0.2, 0) is 56.7 Å². The fraction of sp³-hybridized carbons (Fsp3) is 0.375. The molecule has 25 nitrogen and oxygen atoms in total. The van der Waals surface area contributed by atoms with E-state index in [0.29, 0.717) is 106 Å². The minimum atomic E-state index is -1.25. The number of esters is 2. The second kappa shape index (κ2) is 48.7. The van der Waals surface area contributed by atoms with Crippen molar-refractivity contribution in [2.24, 2.45) is 29.0 Å². The van der Waals surface area contributed by atoms with Gasteiger partial charge < -0.3 is 62.7 Å². The molecule has 1 aliphatic heterocycles. The van der Waals surface area contributed by atoms with Crippen LogP contribution in [0.15, 0.2) is 158 Å². The van der Waals surface area contributed by atoms with Crippen molar-refractivity contribution in [1.82, 2.24) is 30.2 Å². The van der Waals surface area contributed by atoms with Gasteiger partial charge in [0, 0.05) is 102 Å². The number of aromatic carboxylic acids is 1. The molecule has 11 N–H and O–H groups in total. The number of fused-ring (bicyclic) bond motifs is 5. The molecule has 6 aromatic carbocycles. The molecule has 0 saturated carbocycles. The van der Waals surface area contributed by atoms with E-state index in [2.05, 4.69) is 128 Å². The van der Waals surface area contributed by atoms with E-state index in [1.165, 1.54) is 48.9 Å². The van der Waals surface area contributed by atoms with Gasteiger partial charge in [0.05, 0.1) is 104 Å². The number of ether oxygens (including phenoxy) is 4. The number of pyridine rings is 4. The van der Waals surface area contributed by atoms with Crippen molar-refractivity contribution in [2.45, 2.75) is 190 Å². The summed E-state index contributed by atoms with van der Waals surface area (Å²) in [6, 6.07) is 48.8. The Bertz CT molecular complexity index is 5740. The van der Waals surface area contributed by atoms with Gasteiger partial charge in [0.25, 0.3) is 0 Å². The van der Waals surface area contributed by atoms with Crippen molar-refractivity contribution in [3.8, 4) is 73.7 Å². The number of ketones is 3. The number of likely N-dealkylation sites (N-methyl/N-ethyl adjacent to an activating group) is 1. The number of aromatic nitrogens is 4. The van der Waals surface area contributed by atoms with E-state index in [9.17, 15) is 43.6 Å². The van der Waals surface area contributed by atoms with Crippen LogP contribution in [0.5, 0.6) is 11.5 Å². The third-order valence-electron chi connectivity index (χ3n) is 22.5. The van der Waals surface area contributed by atoms with Crippen LogP contribution in [0.25, 0.3) is 56.2 Å². The van der Waals surface area contributed by atoms with Crippen LogP contribution in [-0.4, -0.2) is 143 Å². The van der Waals surface area contributed by atoms with Crippen LogP contribution in [0.3, 0.4) is 0 Å². The largest absolute Gasteiger partial charge is 1.00 e. The number of nitrogens with zero attached hydrogens (tertiary/aromatic N) is 6. The van der Waals surface area contributed by atoms with E-state index in [0.717, 1.165) is 27.8 Å². The zero-order valence-corrected chi connectivity index (χ0v) is 84.3. The Morgan fingerprint density at radius 1 is 0.534 bits per heavy atom. The molecule has 29 heteroatoms. The fourth-order valence-electron chi connectivity index (χ4n) is 14.8. The Morgan fingerprint density at radius 2 is 0.910 bits per heavy atom. The first-order valence-electron chi connectivity index (χ1n) is 43.4. The molecule has 133 heavy (non-hydrogen) atoms. The molecule has 0 fully saturated rings. The summed E-state index contributed by atoms with van der Waals surface area (Å²) in [5, 5.41) is 22.2. The monoisotopic (exact) mass is 1880 g/mol. The van der Waals surface area contributed by atoms with Crippen LogP contribution in [0.2, 0.25) is 15.1 Å². The Hall–Kier alpha value is -11.1. The van der Waals surface area contributed by atoms with E-state index in [4.69, 9.17) is 86.8 Å². The van der Waals surface area contributed by atoms with Crippen molar-refractivity contribution >= 4 is 87.6 Å². The smallest absolute Gasteiger partial charge is 0.870 e. The van der Waals surface area contributed by atoms with Gasteiger partial charge in [-0.25, -0.2) is 14.4 Å². The van der Waals surface area contributed by atoms with Crippen molar-refractivity contribution in [3.63, 3.8) is 0 Å². The number of Topliss-reactive ketones (excluding diaryl/α,β-unsaturated/α-hetero) is 3. The average molecular weight is 1880 g/mol. The zero-order valence-electron chi connectivity index (χ0n) is 80.0. The summed E-state index contributed by atoms with van der Waals surface area (Å²) >= 11 is 19.3. The Kier molecular flexibility index (Phi) is 40.5. The zero-order chi connectivity index (χ0) is 97.1. The SMILES string of the molecule is COC(=O)c1cc(Cl)c(-c2ccc(C(C)(C)C)cc2)nc1C.COC(=O)c1cc(N)c(-c2ccc(C(C)(C)C)cc2)nc1C.Cc1nc(-c2ccc(C(C)(C)C)cc2)c(Cl)cc1C(=O)C[C@@H](CCN)C(=O)N(C)[C@@H]1C(=O)C[C@@H](C)C(=O)N[C@H](C(=O)CCC#N)Cc2ccc(OCCN)c(c2)-c2cc1ccc2OCCN.Cc1nc(-c2ccc(C(C)(C)C)cc2)c(Cl)cc1C(=O)O.[Na+].[OH-]. The molecule has 4 bridgehead atoms. The molecular formula is C104H123Cl3N11NaO14. The first-order valence-corrected chi connectivity index (χ1v) is 44.5. The predicted molar refractivity (Wildman–Crippen MR) is 520 cm³/mol. The second-order valence-corrected chi connectivity index (χ2v) is 37.8. The summed E-state index contributed by atoms with van der Waals surface area (Å²) in [6.45, 7) is 35.2. The first-order chi connectivity index (χ1) is 61.6. The van der Waals surface area contributed by atoms with E-state index in [1.807, 2.05) is 84.9 Å². The second-order valence-electron chi connectivity index (χ2n) is 36.6. The summed E-state index contributed by atoms with van der Waals surface area (Å²) in [4.78, 5) is 125. The number of hydrogen-bond acceptors (Lipinski definition) is 22. The van der Waals surface area contributed by atoms with Crippen LogP contribution in [0.4, 0.5) is 5.69 Å². The number of rotatable bonds is 23. The topological polar surface area (TPSA) is 418 Å². The molecule has 0 unspecified atom stereocenters. The molecular weight excluding hydrogens is 1760 g/mol. The summed E-state index contributed by atoms with van der Waals surface area (Å²) in [5.41, 5.74) is 40.9. The maximum absolute atomic E-state index is 14.8. The molecule has 5 heterocycles. The number of methoxy groups -OCH3 is 2. The third-order valence-corrected chi connectivity index (χ3v) is 23.4. The fourth-order valence-corrected chi connectivity index (χ4v) is 15.6. The number of nitrogen functional groups attached to an aromatic ring is 1. The number of hydrogen-bond donors (Lipinski definition) is 6. The van der Waals surface area contributed by atoms with Gasteiger partial charge in [-0.2, -0.15) is 5.26 Å². The Morgan fingerprint density at radius 3 is 1.31 bits per heavy atom. The van der Waals surface area contributed by atoms with Gasteiger partial charge in [-0.1, -0.05) is 234 Å². The van der Waals surface area contributed by atoms with Crippen molar-refractivity contribution in [2.75, 3.05) is 59.8 Å². The quantitative estimate of drug-likeness (QED) is 0.0197. The number of carbonyl (C=O) groups is 8. The normalized spacial score (nSPS) is 13.9. The Balaban J connectivity index is 0.000000326. The van der Waals surface area contributed by atoms with Gasteiger partial charge in [-0.3, -0.25) is 43.9 Å². The van der Waals surface area contributed by atoms with Crippen molar-refractivity contribution in [1.29, 1.82) is 5.26 Å². The molecule has 4 atom stereocenters. The number of carboxylic acid groups (broad SMARTS) is 1. The van der Waals surface area contributed by atoms with Crippen LogP contribution < -0.4 is 67.3 Å². The maximum atomic E-state index is 14.8. The number of halogens is 3. The number of aryl methyl sites for hydroxylation is 4. The molecule has 700 valence electrons. The standard InChI is InChI=1S/C51H62ClN7O7.C18H20ClNO2.C18H22N2O2.C17H18ClNO2.Na.H2O/c1-30-24-44(62)48(59(6)50(64)35(17-19-54)28-43(61)37-29-40(52)47(57-31(37)2)33-10-13-36(14-11-33)51(3,4)5)34-12-16-46(66-23-21-56)39(27-34)38-25-32(9-15-45(38)65-22-20-55)26-41(58-49(30)63)42(60)8-7-18-53;2*1-11-14(17(21)22-5)10-15(19)16(20-11)12-6-8-13(9-7-12)18(2,3)4;1-10-13(16(20)21)9-14(18)15(19-10)11-5-7-12(8-6-11)17(2,3)4;;/h9-16,25,27,29-30,35,41,48H,7-8,17,19-24,26,28,54-56H2,1-6H3,(H,58,63);6-10H,1-5H3;6-10H,19H2,1-5H3;5-9H,1-4H3,(H,20,21);;1H2/q;;;;+1;/p-1/t30-,35-,41+,48+;;;;;/m1...../s1. The van der Waals surface area contributed by atoms with Gasteiger partial charge in [0.1, 0.15) is 30.8 Å². The van der Waals surface area contributed by atoms with E-state index in [1.54, 1.807) is 83.1 Å². The molecule has 10 aromatic rings. The number of nitrogens with one attached hydrogen (secondary N) is 1. The van der Waals surface area contributed by atoms with Gasteiger partial charge in [0.2, 0.25) is 11.8 Å². The van der Waals surface area contributed by atoms with Crippen LogP contribution in [0.1, 0.15) is 226 Å². The van der Waals surface area contributed by atoms with Crippen LogP contribution in [0, 0.1) is 50.9 Å². The van der Waals surface area contributed by atoms with Crippen LogP contribution >= 0.6 is 34.8 Å². The molecule has 11 rings (SSSR count). The summed E-state index contributed by atoms with van der Waals surface area (Å²) in [6.07, 6.45) is -0.448. The molecule has 0 radical (unpaired) electrons. The summed E-state index contributed by atoms with van der Waals surface area (Å²) in [7, 11) is 4.18. The molecule has 0 aliphatic carbocycles. The predicted octanol–water partition coefficient (Wildman–Crippen LogP) is 16.6. The number of amides is 2. The minimum absolute atomic E-state index is 0. The molecule has 1 aliphatic rings. The minimum Gasteiger partial charge on any atom is -0.870 e. The maximum Gasteiger partial charge on any atom is 1.00 e. The molecule has 0 spiro atoms. The molecule has 2 amide bonds. The van der Waals surface area contributed by atoms with Crippen molar-refractivity contribution in [3.05, 3.63) is 251 Å². The molecule has 4 aromatic heterocycles.